The van der Waals surface area contributed by atoms with Crippen LogP contribution < -0.4 is 4.90 Å². The molecular weight excluding hydrogens is 797 g/mol. The first-order valence-electron chi connectivity index (χ1n) is 23.2. The number of anilines is 3. The third kappa shape index (κ3) is 4.91. The Hall–Kier alpha value is -8.20. The van der Waals surface area contributed by atoms with Gasteiger partial charge in [0.1, 0.15) is 0 Å². The second-order valence-electron chi connectivity index (χ2n) is 18.8. The first-order chi connectivity index (χ1) is 32.5. The van der Waals surface area contributed by atoms with Crippen molar-refractivity contribution in [3.05, 3.63) is 264 Å². The highest BCUT2D eigenvalue weighted by Gasteiger charge is 2.51. The molecule has 3 aliphatic rings. The summed E-state index contributed by atoms with van der Waals surface area (Å²) in [6, 6.07) is 86.3. The Labute approximate surface area is 385 Å². The van der Waals surface area contributed by atoms with Crippen LogP contribution in [0.15, 0.2) is 231 Å². The highest BCUT2D eigenvalue weighted by atomic mass is 15.1. The lowest BCUT2D eigenvalue weighted by atomic mass is 9.65. The molecule has 1 atom stereocenters. The minimum absolute atomic E-state index is 0.155. The van der Waals surface area contributed by atoms with Gasteiger partial charge in [-0.2, -0.15) is 0 Å². The van der Waals surface area contributed by atoms with Crippen molar-refractivity contribution in [3.8, 4) is 50.2 Å². The van der Waals surface area contributed by atoms with E-state index in [0.29, 0.717) is 0 Å². The van der Waals surface area contributed by atoms with Gasteiger partial charge in [0.2, 0.25) is 0 Å². The van der Waals surface area contributed by atoms with Gasteiger partial charge in [0, 0.05) is 33.1 Å². The molecule has 66 heavy (non-hydrogen) atoms. The van der Waals surface area contributed by atoms with Gasteiger partial charge in [-0.3, -0.25) is 0 Å². The third-order valence-electron chi connectivity index (χ3n) is 15.2. The second-order valence-corrected chi connectivity index (χ2v) is 18.8. The fourth-order valence-electron chi connectivity index (χ4n) is 12.4. The fraction of sp³-hybridized carbons (Fsp3) is 0.0625. The maximum Gasteiger partial charge on any atom is 0.0754 e. The van der Waals surface area contributed by atoms with Gasteiger partial charge in [-0.25, -0.2) is 0 Å². The fourth-order valence-corrected chi connectivity index (χ4v) is 12.4. The Morgan fingerprint density at radius 2 is 0.924 bits per heavy atom. The lowest BCUT2D eigenvalue weighted by molar-refractivity contribution is 0.660. The molecule has 1 unspecified atom stereocenters. The normalized spacial score (nSPS) is 15.6. The zero-order chi connectivity index (χ0) is 43.7. The Morgan fingerprint density at radius 1 is 0.348 bits per heavy atom. The summed E-state index contributed by atoms with van der Waals surface area (Å²) in [4.78, 5) is 2.52. The van der Waals surface area contributed by atoms with Crippen LogP contribution in [-0.2, 0) is 10.8 Å². The van der Waals surface area contributed by atoms with E-state index in [0.717, 1.165) is 17.1 Å². The molecule has 0 saturated carbocycles. The monoisotopic (exact) mass is 840 g/mol. The van der Waals surface area contributed by atoms with Gasteiger partial charge in [0.05, 0.1) is 27.8 Å². The summed E-state index contributed by atoms with van der Waals surface area (Å²) in [6.07, 6.45) is 0. The Bertz CT molecular complexity index is 3810. The smallest absolute Gasteiger partial charge is 0.0754 e. The van der Waals surface area contributed by atoms with E-state index in [1.165, 1.54) is 105 Å². The number of hydrogen-bond acceptors (Lipinski definition) is 1. The van der Waals surface area contributed by atoms with E-state index < -0.39 is 5.41 Å². The molecule has 0 bridgehead atoms. The van der Waals surface area contributed by atoms with Gasteiger partial charge in [-0.15, -0.1) is 0 Å². The van der Waals surface area contributed by atoms with Gasteiger partial charge >= 0.3 is 0 Å². The summed E-state index contributed by atoms with van der Waals surface area (Å²) in [6.45, 7) is 4.76. The molecule has 1 aliphatic heterocycles. The second kappa shape index (κ2) is 13.7. The molecule has 0 N–H and O–H groups in total. The maximum absolute atomic E-state index is 2.52. The zero-order valence-electron chi connectivity index (χ0n) is 36.8. The van der Waals surface area contributed by atoms with E-state index in [-0.39, 0.29) is 5.41 Å². The Kier molecular flexibility index (Phi) is 7.70. The van der Waals surface area contributed by atoms with Crippen molar-refractivity contribution in [3.63, 3.8) is 0 Å². The van der Waals surface area contributed by atoms with Crippen molar-refractivity contribution in [1.29, 1.82) is 0 Å². The van der Waals surface area contributed by atoms with Crippen LogP contribution in [0, 0.1) is 0 Å². The topological polar surface area (TPSA) is 8.17 Å². The van der Waals surface area contributed by atoms with E-state index in [1.54, 1.807) is 0 Å². The molecule has 0 fully saturated rings. The molecule has 2 heterocycles. The summed E-state index contributed by atoms with van der Waals surface area (Å²) in [5.41, 5.74) is 24.5. The third-order valence-corrected chi connectivity index (χ3v) is 15.2. The average molecular weight is 841 g/mol. The van der Waals surface area contributed by atoms with Crippen molar-refractivity contribution in [2.75, 3.05) is 4.90 Å². The summed E-state index contributed by atoms with van der Waals surface area (Å²) < 4.78 is 2.52. The standard InChI is InChI=1S/C64H44N2/c1-63(2)53-27-10-6-23-47(53)49-36-34-45(40-58(49)63)65(59-31-13-8-22-46(59)43-21-16-20-42(38-43)41-18-4-3-5-19-41)44-35-37-55-52(39-44)48-24-7-11-28-54(48)64(55)56-29-12-15-33-61(56)66-60-32-14-9-25-50(60)51-26-17-30-57(64)62(51)66/h3-40H,1-2H3. The molecule has 11 aromatic rings. The lowest BCUT2D eigenvalue weighted by Gasteiger charge is -2.39. The van der Waals surface area contributed by atoms with E-state index >= 15 is 0 Å². The van der Waals surface area contributed by atoms with Crippen LogP contribution in [0.1, 0.15) is 47.2 Å². The molecule has 2 heteroatoms. The van der Waals surface area contributed by atoms with Crippen molar-refractivity contribution in [2.45, 2.75) is 24.7 Å². The first kappa shape index (κ1) is 37.2. The van der Waals surface area contributed by atoms with E-state index in [2.05, 4.69) is 254 Å². The Balaban J connectivity index is 1.03. The molecule has 10 aromatic carbocycles. The predicted octanol–water partition coefficient (Wildman–Crippen LogP) is 16.6. The van der Waals surface area contributed by atoms with Crippen molar-refractivity contribution in [1.82, 2.24) is 4.57 Å². The molecule has 2 aliphatic carbocycles. The summed E-state index contributed by atoms with van der Waals surface area (Å²) in [7, 11) is 0. The molecule has 1 aromatic heterocycles. The van der Waals surface area contributed by atoms with E-state index in [9.17, 15) is 0 Å². The molecule has 1 spiro atoms. The van der Waals surface area contributed by atoms with Crippen molar-refractivity contribution < 1.29 is 0 Å². The average Bonchev–Trinajstić information content (AvgIpc) is 3.95. The highest BCUT2D eigenvalue weighted by molar-refractivity contribution is 6.13. The van der Waals surface area contributed by atoms with E-state index in [4.69, 9.17) is 0 Å². The molecule has 0 radical (unpaired) electrons. The quantitative estimate of drug-likeness (QED) is 0.168. The van der Waals surface area contributed by atoms with Crippen LogP contribution in [0.4, 0.5) is 17.1 Å². The highest BCUT2D eigenvalue weighted by Crippen LogP contribution is 2.62. The van der Waals surface area contributed by atoms with Crippen LogP contribution in [0.5, 0.6) is 0 Å². The number of aromatic nitrogens is 1. The minimum atomic E-state index is -0.519. The van der Waals surface area contributed by atoms with Gasteiger partial charge in [-0.05, 0) is 121 Å². The molecule has 14 rings (SSSR count). The van der Waals surface area contributed by atoms with Gasteiger partial charge in [0.15, 0.2) is 0 Å². The number of para-hydroxylation sites is 4. The van der Waals surface area contributed by atoms with Crippen LogP contribution in [0.25, 0.3) is 72.0 Å². The van der Waals surface area contributed by atoms with E-state index in [1.807, 2.05) is 0 Å². The zero-order valence-corrected chi connectivity index (χ0v) is 36.8. The minimum Gasteiger partial charge on any atom is -0.310 e. The number of fused-ring (bicyclic) bond motifs is 15. The number of hydrogen-bond donors (Lipinski definition) is 0. The van der Waals surface area contributed by atoms with Crippen LogP contribution in [-0.4, -0.2) is 4.57 Å². The van der Waals surface area contributed by atoms with Crippen molar-refractivity contribution >= 4 is 38.9 Å². The number of benzene rings is 10. The van der Waals surface area contributed by atoms with Gasteiger partial charge in [-0.1, -0.05) is 196 Å². The molecule has 0 saturated heterocycles. The Morgan fingerprint density at radius 3 is 1.79 bits per heavy atom. The molecule has 0 amide bonds. The summed E-state index contributed by atoms with van der Waals surface area (Å²) in [5, 5.41) is 2.58. The van der Waals surface area contributed by atoms with Crippen molar-refractivity contribution in [2.24, 2.45) is 0 Å². The number of rotatable bonds is 5. The van der Waals surface area contributed by atoms with Gasteiger partial charge in [0.25, 0.3) is 0 Å². The summed E-state index contributed by atoms with van der Waals surface area (Å²) >= 11 is 0. The molecular formula is C64H44N2. The predicted molar refractivity (Wildman–Crippen MR) is 275 cm³/mol. The molecule has 2 nitrogen and oxygen atoms in total. The lowest BCUT2D eigenvalue weighted by Crippen LogP contribution is -2.33. The first-order valence-corrected chi connectivity index (χ1v) is 23.2. The SMILES string of the molecule is CC1(C)c2ccccc2-c2ccc(N(c3ccc4c(c3)-c3ccccc3C43c4ccccc4-n4c5ccccc5c5cccc3c54)c3ccccc3-c3cccc(-c4ccccc4)c3)cc21. The van der Waals surface area contributed by atoms with Crippen LogP contribution in [0.2, 0.25) is 0 Å². The maximum atomic E-state index is 2.52. The summed E-state index contributed by atoms with van der Waals surface area (Å²) in [5.74, 6) is 0. The largest absolute Gasteiger partial charge is 0.310 e. The molecule has 310 valence electrons. The number of nitrogens with zero attached hydrogens (tertiary/aromatic N) is 2. The van der Waals surface area contributed by atoms with Crippen LogP contribution in [0.3, 0.4) is 0 Å². The van der Waals surface area contributed by atoms with Gasteiger partial charge < -0.3 is 9.47 Å². The van der Waals surface area contributed by atoms with Crippen LogP contribution >= 0.6 is 0 Å².